The van der Waals surface area contributed by atoms with Gasteiger partial charge in [0.1, 0.15) is 0 Å². The molecule has 1 N–H and O–H groups in total. The Balaban J connectivity index is 2.06. The average Bonchev–Trinajstić information content (AvgIpc) is 2.18. The normalized spacial score (nSPS) is 21.7. The van der Waals surface area contributed by atoms with Gasteiger partial charge in [0.2, 0.25) is 5.91 Å². The third kappa shape index (κ3) is 5.74. The summed E-state index contributed by atoms with van der Waals surface area (Å²) < 4.78 is 5.50. The van der Waals surface area contributed by atoms with E-state index in [2.05, 4.69) is 10.2 Å². The molecule has 0 spiro atoms. The molecule has 0 aromatic rings. The highest BCUT2D eigenvalue weighted by molar-refractivity contribution is 5.76. The van der Waals surface area contributed by atoms with E-state index in [1.165, 1.54) is 6.42 Å². The number of carbonyl (C=O) groups excluding carboxylic acids is 1. The van der Waals surface area contributed by atoms with Crippen molar-refractivity contribution in [2.24, 2.45) is 0 Å². The summed E-state index contributed by atoms with van der Waals surface area (Å²) in [5.41, 5.74) is 0. The number of amides is 1. The molecule has 4 nitrogen and oxygen atoms in total. The van der Waals surface area contributed by atoms with Crippen LogP contribution >= 0.6 is 0 Å². The van der Waals surface area contributed by atoms with Crippen molar-refractivity contribution in [2.75, 3.05) is 33.8 Å². The monoisotopic (exact) mass is 214 g/mol. The number of nitrogens with zero attached hydrogens (tertiary/aromatic N) is 1. The third-order valence-corrected chi connectivity index (χ3v) is 2.57. The second kappa shape index (κ2) is 6.80. The Morgan fingerprint density at radius 2 is 2.27 bits per heavy atom. The molecule has 0 bridgehead atoms. The van der Waals surface area contributed by atoms with Gasteiger partial charge >= 0.3 is 0 Å². The van der Waals surface area contributed by atoms with Crippen molar-refractivity contribution in [3.05, 3.63) is 0 Å². The van der Waals surface area contributed by atoms with Gasteiger partial charge in [-0.15, -0.1) is 0 Å². The Bertz CT molecular complexity index is 189. The minimum Gasteiger partial charge on any atom is -0.378 e. The van der Waals surface area contributed by atoms with Crippen LogP contribution < -0.4 is 5.32 Å². The second-order valence-corrected chi connectivity index (χ2v) is 4.35. The third-order valence-electron chi connectivity index (χ3n) is 2.57. The summed E-state index contributed by atoms with van der Waals surface area (Å²) in [6.07, 6.45) is 4.03. The van der Waals surface area contributed by atoms with Gasteiger partial charge < -0.3 is 15.0 Å². The first-order valence-corrected chi connectivity index (χ1v) is 5.71. The highest BCUT2D eigenvalue weighted by Gasteiger charge is 2.17. The van der Waals surface area contributed by atoms with E-state index in [0.29, 0.717) is 6.42 Å². The van der Waals surface area contributed by atoms with Crippen molar-refractivity contribution in [3.8, 4) is 0 Å². The van der Waals surface area contributed by atoms with Gasteiger partial charge in [0.25, 0.3) is 0 Å². The van der Waals surface area contributed by atoms with Crippen molar-refractivity contribution in [2.45, 2.75) is 31.8 Å². The van der Waals surface area contributed by atoms with Crippen LogP contribution in [0.15, 0.2) is 0 Å². The number of carbonyl (C=O) groups is 1. The average molecular weight is 214 g/mol. The van der Waals surface area contributed by atoms with Gasteiger partial charge in [-0.2, -0.15) is 0 Å². The topological polar surface area (TPSA) is 41.6 Å². The second-order valence-electron chi connectivity index (χ2n) is 4.35. The van der Waals surface area contributed by atoms with Gasteiger partial charge in [0, 0.05) is 19.7 Å². The zero-order valence-electron chi connectivity index (χ0n) is 9.79. The smallest absolute Gasteiger partial charge is 0.222 e. The molecule has 0 aromatic heterocycles. The number of rotatable bonds is 5. The number of ether oxygens (including phenoxy) is 1. The van der Waals surface area contributed by atoms with Gasteiger partial charge in [0.15, 0.2) is 0 Å². The highest BCUT2D eigenvalue weighted by atomic mass is 16.5. The van der Waals surface area contributed by atoms with Crippen LogP contribution in [0.2, 0.25) is 0 Å². The lowest BCUT2D eigenvalue weighted by molar-refractivity contribution is -0.124. The molecular formula is C11H22N2O2. The molecule has 1 rings (SSSR count). The van der Waals surface area contributed by atoms with Crippen molar-refractivity contribution in [1.82, 2.24) is 10.2 Å². The van der Waals surface area contributed by atoms with E-state index in [0.717, 1.165) is 32.5 Å². The summed E-state index contributed by atoms with van der Waals surface area (Å²) in [7, 11) is 3.99. The van der Waals surface area contributed by atoms with Crippen LogP contribution in [-0.2, 0) is 9.53 Å². The van der Waals surface area contributed by atoms with Crippen LogP contribution in [0, 0.1) is 0 Å². The van der Waals surface area contributed by atoms with Gasteiger partial charge in [0.05, 0.1) is 12.5 Å². The first-order chi connectivity index (χ1) is 7.18. The number of likely N-dealkylation sites (N-methyl/N-ethyl adjacent to an activating group) is 1. The molecule has 1 saturated heterocycles. The van der Waals surface area contributed by atoms with E-state index in [1.54, 1.807) is 0 Å². The van der Waals surface area contributed by atoms with E-state index < -0.39 is 0 Å². The van der Waals surface area contributed by atoms with Gasteiger partial charge in [-0.25, -0.2) is 0 Å². The molecule has 0 saturated carbocycles. The molecule has 1 heterocycles. The zero-order valence-corrected chi connectivity index (χ0v) is 9.79. The van der Waals surface area contributed by atoms with E-state index in [1.807, 2.05) is 14.1 Å². The van der Waals surface area contributed by atoms with E-state index in [-0.39, 0.29) is 12.0 Å². The fraction of sp³-hybridized carbons (Fsp3) is 0.909. The Labute approximate surface area is 92.0 Å². The van der Waals surface area contributed by atoms with Gasteiger partial charge in [-0.05, 0) is 33.4 Å². The first kappa shape index (κ1) is 12.5. The molecule has 1 aliphatic rings. The Kier molecular flexibility index (Phi) is 5.65. The minimum atomic E-state index is 0.115. The van der Waals surface area contributed by atoms with Crippen LogP contribution in [-0.4, -0.2) is 50.7 Å². The van der Waals surface area contributed by atoms with E-state index in [9.17, 15) is 4.79 Å². The van der Waals surface area contributed by atoms with Crippen LogP contribution in [0.4, 0.5) is 0 Å². The predicted molar refractivity (Wildman–Crippen MR) is 59.8 cm³/mol. The molecule has 4 heteroatoms. The molecule has 1 aliphatic heterocycles. The summed E-state index contributed by atoms with van der Waals surface area (Å²) in [6, 6.07) is 0. The molecule has 1 amide bonds. The molecule has 15 heavy (non-hydrogen) atoms. The van der Waals surface area contributed by atoms with E-state index >= 15 is 0 Å². The Hall–Kier alpha value is -0.610. The molecule has 1 unspecified atom stereocenters. The SMILES string of the molecule is CN(C)CCNC(=O)CC1CCCCO1. The summed E-state index contributed by atoms with van der Waals surface area (Å²) in [5.74, 6) is 0.115. The summed E-state index contributed by atoms with van der Waals surface area (Å²) in [5, 5.41) is 2.90. The van der Waals surface area contributed by atoms with Crippen molar-refractivity contribution >= 4 is 5.91 Å². The van der Waals surface area contributed by atoms with Crippen LogP contribution in [0.3, 0.4) is 0 Å². The lowest BCUT2D eigenvalue weighted by Gasteiger charge is -2.22. The van der Waals surface area contributed by atoms with Crippen molar-refractivity contribution in [1.29, 1.82) is 0 Å². The summed E-state index contributed by atoms with van der Waals surface area (Å²) in [4.78, 5) is 13.5. The predicted octanol–water partition coefficient (Wildman–Crippen LogP) is 0.623. The number of hydrogen-bond donors (Lipinski definition) is 1. The molecule has 1 atom stereocenters. The lowest BCUT2D eigenvalue weighted by atomic mass is 10.1. The maximum absolute atomic E-state index is 11.5. The van der Waals surface area contributed by atoms with Crippen molar-refractivity contribution < 1.29 is 9.53 Å². The Morgan fingerprint density at radius 3 is 2.87 bits per heavy atom. The largest absolute Gasteiger partial charge is 0.378 e. The van der Waals surface area contributed by atoms with Crippen LogP contribution in [0.1, 0.15) is 25.7 Å². The van der Waals surface area contributed by atoms with E-state index in [4.69, 9.17) is 4.74 Å². The molecule has 0 aromatic carbocycles. The van der Waals surface area contributed by atoms with Crippen LogP contribution in [0.5, 0.6) is 0 Å². The Morgan fingerprint density at radius 1 is 1.47 bits per heavy atom. The molecular weight excluding hydrogens is 192 g/mol. The molecule has 0 aliphatic carbocycles. The lowest BCUT2D eigenvalue weighted by Crippen LogP contribution is -2.34. The summed E-state index contributed by atoms with van der Waals surface area (Å²) >= 11 is 0. The molecule has 88 valence electrons. The standard InChI is InChI=1S/C11H22N2O2/c1-13(2)7-6-12-11(14)9-10-5-3-4-8-15-10/h10H,3-9H2,1-2H3,(H,12,14). The number of hydrogen-bond acceptors (Lipinski definition) is 3. The van der Waals surface area contributed by atoms with Gasteiger partial charge in [-0.1, -0.05) is 0 Å². The fourth-order valence-electron chi connectivity index (χ4n) is 1.67. The fourth-order valence-corrected chi connectivity index (χ4v) is 1.67. The maximum Gasteiger partial charge on any atom is 0.222 e. The molecule has 1 fully saturated rings. The maximum atomic E-state index is 11.5. The number of nitrogens with one attached hydrogen (secondary N) is 1. The minimum absolute atomic E-state index is 0.115. The zero-order chi connectivity index (χ0) is 11.1. The highest BCUT2D eigenvalue weighted by Crippen LogP contribution is 2.15. The molecule has 0 radical (unpaired) electrons. The summed E-state index contributed by atoms with van der Waals surface area (Å²) in [6.45, 7) is 2.42. The van der Waals surface area contributed by atoms with Crippen LogP contribution in [0.25, 0.3) is 0 Å². The quantitative estimate of drug-likeness (QED) is 0.729. The van der Waals surface area contributed by atoms with Gasteiger partial charge in [-0.3, -0.25) is 4.79 Å². The van der Waals surface area contributed by atoms with Crippen molar-refractivity contribution in [3.63, 3.8) is 0 Å². The first-order valence-electron chi connectivity index (χ1n) is 5.71.